The number of aliphatic imine (C=N–C) groups is 1. The second-order valence-electron chi connectivity index (χ2n) is 9.10. The number of aromatic hydroxyl groups is 1. The van der Waals surface area contributed by atoms with E-state index < -0.39 is 35.4 Å². The number of nitrogens with one attached hydrogen (secondary N) is 1. The van der Waals surface area contributed by atoms with E-state index in [-0.39, 0.29) is 34.2 Å². The fraction of sp³-hybridized carbons (Fsp3) is 0.103. The van der Waals surface area contributed by atoms with E-state index in [2.05, 4.69) is 9.98 Å². The van der Waals surface area contributed by atoms with Crippen molar-refractivity contribution in [2.24, 2.45) is 10.7 Å². The number of carboxylic acids is 1. The first-order valence-corrected chi connectivity index (χ1v) is 13.2. The van der Waals surface area contributed by atoms with E-state index >= 15 is 4.39 Å². The molecule has 10 nitrogen and oxygen atoms in total. The van der Waals surface area contributed by atoms with Crippen LogP contribution in [0.15, 0.2) is 81.6 Å². The highest BCUT2D eigenvalue weighted by molar-refractivity contribution is 7.99. The van der Waals surface area contributed by atoms with Gasteiger partial charge in [0.05, 0.1) is 11.8 Å². The number of hydrogen-bond donors (Lipinski definition) is 4. The summed E-state index contributed by atoms with van der Waals surface area (Å²) in [5, 5.41) is 27.3. The van der Waals surface area contributed by atoms with Crippen LogP contribution in [0.3, 0.4) is 0 Å². The monoisotopic (exact) mass is 591 g/mol. The summed E-state index contributed by atoms with van der Waals surface area (Å²) in [5.41, 5.74) is 6.30. The third-order valence-electron chi connectivity index (χ3n) is 6.23. The predicted octanol–water partition coefficient (Wildman–Crippen LogP) is 5.80. The Morgan fingerprint density at radius 2 is 1.90 bits per heavy atom. The molecular formula is C29H23F2N5O5S. The molecule has 13 heteroatoms. The van der Waals surface area contributed by atoms with E-state index in [1.54, 1.807) is 36.5 Å². The minimum absolute atomic E-state index is 0.0955. The molecule has 0 saturated heterocycles. The molecule has 0 saturated carbocycles. The minimum Gasteiger partial charge on any atom is -0.504 e. The number of phenolic OH excluding ortho intramolecular Hbond substituents is 1. The SMILES string of the molecule is CN1CC=NC1c1cc(Sc2ccccc2C(=O)O)ccc1Oc1c(F)cnc(Oc2cc(C(=N)N)ccc2O)c1F. The molecule has 0 bridgehead atoms. The van der Waals surface area contributed by atoms with Crippen molar-refractivity contribution < 1.29 is 33.3 Å². The number of pyridine rings is 1. The summed E-state index contributed by atoms with van der Waals surface area (Å²) in [6.45, 7) is 0.530. The first kappa shape index (κ1) is 28.5. The third kappa shape index (κ3) is 5.87. The molecule has 0 aliphatic carbocycles. The molecule has 0 spiro atoms. The molecule has 4 aromatic rings. The fourth-order valence-electron chi connectivity index (χ4n) is 4.13. The highest BCUT2D eigenvalue weighted by atomic mass is 32.2. The topological polar surface area (TPSA) is 154 Å². The summed E-state index contributed by atoms with van der Waals surface area (Å²) in [5.74, 6) is -5.78. The zero-order chi connectivity index (χ0) is 30.0. The van der Waals surface area contributed by atoms with Crippen molar-refractivity contribution in [2.75, 3.05) is 13.6 Å². The number of nitrogens with zero attached hydrogens (tertiary/aromatic N) is 3. The smallest absolute Gasteiger partial charge is 0.336 e. The molecule has 5 N–H and O–H groups in total. The van der Waals surface area contributed by atoms with Gasteiger partial charge in [-0.3, -0.25) is 15.3 Å². The van der Waals surface area contributed by atoms with Gasteiger partial charge in [-0.1, -0.05) is 23.9 Å². The van der Waals surface area contributed by atoms with Crippen LogP contribution in [0, 0.1) is 17.0 Å². The molecule has 1 aliphatic heterocycles. The molecular weight excluding hydrogens is 568 g/mol. The summed E-state index contributed by atoms with van der Waals surface area (Å²) >= 11 is 1.21. The lowest BCUT2D eigenvalue weighted by molar-refractivity contribution is 0.0693. The van der Waals surface area contributed by atoms with Crippen molar-refractivity contribution in [2.45, 2.75) is 16.0 Å². The van der Waals surface area contributed by atoms with Gasteiger partial charge in [0.2, 0.25) is 11.6 Å². The van der Waals surface area contributed by atoms with Gasteiger partial charge in [-0.2, -0.15) is 4.39 Å². The Bertz CT molecular complexity index is 1740. The minimum atomic E-state index is -1.27. The largest absolute Gasteiger partial charge is 0.504 e. The highest BCUT2D eigenvalue weighted by Crippen LogP contribution is 2.42. The number of halogens is 2. The maximum absolute atomic E-state index is 15.6. The second kappa shape index (κ2) is 11.8. The quantitative estimate of drug-likeness (QED) is 0.140. The molecule has 0 fully saturated rings. The maximum Gasteiger partial charge on any atom is 0.336 e. The Morgan fingerprint density at radius 1 is 1.12 bits per heavy atom. The summed E-state index contributed by atoms with van der Waals surface area (Å²) in [6.07, 6.45) is 1.88. The molecule has 1 atom stereocenters. The molecule has 1 aliphatic rings. The Morgan fingerprint density at radius 3 is 2.62 bits per heavy atom. The Balaban J connectivity index is 1.51. The van der Waals surface area contributed by atoms with Gasteiger partial charge in [0, 0.05) is 33.7 Å². The van der Waals surface area contributed by atoms with E-state index in [0.717, 1.165) is 0 Å². The first-order valence-electron chi connectivity index (χ1n) is 12.4. The van der Waals surface area contributed by atoms with E-state index in [4.69, 9.17) is 20.6 Å². The van der Waals surface area contributed by atoms with E-state index in [1.807, 2.05) is 11.9 Å². The molecule has 42 heavy (non-hydrogen) atoms. The molecule has 1 aromatic heterocycles. The number of hydrogen-bond acceptors (Lipinski definition) is 9. The number of nitrogens with two attached hydrogens (primary N) is 1. The van der Waals surface area contributed by atoms with Gasteiger partial charge in [-0.15, -0.1) is 0 Å². The standard InChI is InChI=1S/C29H23F2N5O5S/c1-36-11-10-34-27(36)18-13-16(42-23-5-3-2-4-17(23)29(38)39)7-9-21(18)40-25-19(30)14-35-28(24(25)31)41-22-12-15(26(32)33)6-8-20(22)37/h2-10,12-14,27,37H,11H2,1H3,(H3,32,33)(H,38,39). The van der Waals surface area contributed by atoms with E-state index in [1.165, 1.54) is 42.1 Å². The van der Waals surface area contributed by atoms with Crippen LogP contribution in [-0.2, 0) is 0 Å². The van der Waals surface area contributed by atoms with Crippen molar-refractivity contribution in [3.05, 3.63) is 95.2 Å². The summed E-state index contributed by atoms with van der Waals surface area (Å²) in [7, 11) is 1.82. The third-order valence-corrected chi connectivity index (χ3v) is 7.29. The van der Waals surface area contributed by atoms with Crippen molar-refractivity contribution in [3.63, 3.8) is 0 Å². The predicted molar refractivity (Wildman–Crippen MR) is 151 cm³/mol. The number of carboxylic acid groups (broad SMARTS) is 1. The van der Waals surface area contributed by atoms with E-state index in [0.29, 0.717) is 28.1 Å². The molecule has 214 valence electrons. The van der Waals surface area contributed by atoms with Gasteiger partial charge < -0.3 is 25.4 Å². The van der Waals surface area contributed by atoms with Crippen LogP contribution < -0.4 is 15.2 Å². The van der Waals surface area contributed by atoms with Crippen LogP contribution in [0.25, 0.3) is 0 Å². The van der Waals surface area contributed by atoms with Crippen molar-refractivity contribution in [1.82, 2.24) is 9.88 Å². The first-order chi connectivity index (χ1) is 20.1. The molecule has 0 radical (unpaired) electrons. The molecule has 2 heterocycles. The fourth-order valence-corrected chi connectivity index (χ4v) is 5.11. The van der Waals surface area contributed by atoms with Gasteiger partial charge in [-0.05, 0) is 55.6 Å². The van der Waals surface area contributed by atoms with Crippen LogP contribution >= 0.6 is 11.8 Å². The van der Waals surface area contributed by atoms with Gasteiger partial charge in [0.25, 0.3) is 5.88 Å². The number of rotatable bonds is 9. The number of ether oxygens (including phenoxy) is 2. The van der Waals surface area contributed by atoms with Gasteiger partial charge in [-0.25, -0.2) is 14.2 Å². The van der Waals surface area contributed by atoms with Gasteiger partial charge in [0.15, 0.2) is 17.3 Å². The Hall–Kier alpha value is -5.01. The lowest BCUT2D eigenvalue weighted by Gasteiger charge is -2.22. The van der Waals surface area contributed by atoms with Crippen molar-refractivity contribution >= 4 is 29.8 Å². The second-order valence-corrected chi connectivity index (χ2v) is 10.2. The summed E-state index contributed by atoms with van der Waals surface area (Å²) < 4.78 is 41.7. The van der Waals surface area contributed by atoms with Crippen molar-refractivity contribution in [1.29, 1.82) is 5.41 Å². The normalized spacial score (nSPS) is 14.6. The van der Waals surface area contributed by atoms with Crippen molar-refractivity contribution in [3.8, 4) is 28.9 Å². The average Bonchev–Trinajstić information content (AvgIpc) is 3.39. The van der Waals surface area contributed by atoms with E-state index in [9.17, 15) is 19.4 Å². The summed E-state index contributed by atoms with van der Waals surface area (Å²) in [6, 6.07) is 15.2. The lowest BCUT2D eigenvalue weighted by Crippen LogP contribution is -2.19. The number of aromatic nitrogens is 1. The van der Waals surface area contributed by atoms with Crippen LogP contribution in [0.1, 0.15) is 27.7 Å². The van der Waals surface area contributed by atoms with Crippen LogP contribution in [-0.4, -0.2) is 51.7 Å². The Labute approximate surface area is 242 Å². The van der Waals surface area contributed by atoms with Gasteiger partial charge >= 0.3 is 5.97 Å². The number of nitrogen functional groups attached to an aromatic ring is 1. The molecule has 1 unspecified atom stereocenters. The number of phenols is 1. The van der Waals surface area contributed by atoms with Crippen LogP contribution in [0.2, 0.25) is 0 Å². The zero-order valence-corrected chi connectivity index (χ0v) is 22.7. The summed E-state index contributed by atoms with van der Waals surface area (Å²) in [4.78, 5) is 22.9. The highest BCUT2D eigenvalue weighted by Gasteiger charge is 2.27. The molecule has 3 aromatic carbocycles. The number of benzene rings is 3. The average molecular weight is 592 g/mol. The van der Waals surface area contributed by atoms with Gasteiger partial charge in [0.1, 0.15) is 17.8 Å². The van der Waals surface area contributed by atoms with Crippen LogP contribution in [0.5, 0.6) is 28.9 Å². The molecule has 5 rings (SSSR count). The maximum atomic E-state index is 15.6. The molecule has 0 amide bonds. The number of amidine groups is 1. The Kier molecular flexibility index (Phi) is 8.04. The van der Waals surface area contributed by atoms with Crippen LogP contribution in [0.4, 0.5) is 8.78 Å². The lowest BCUT2D eigenvalue weighted by atomic mass is 10.1. The number of aromatic carboxylic acids is 1. The number of carbonyl (C=O) groups is 1. The zero-order valence-electron chi connectivity index (χ0n) is 21.9.